The number of nitrogens with zero attached hydrogens (tertiary/aromatic N) is 2. The molecule has 1 saturated heterocycles. The monoisotopic (exact) mass is 265 g/mol. The van der Waals surface area contributed by atoms with Crippen molar-refractivity contribution in [2.45, 2.75) is 25.5 Å². The molecule has 1 aliphatic rings. The molecule has 0 bridgehead atoms. The number of hydrogen-bond donors (Lipinski definition) is 1. The summed E-state index contributed by atoms with van der Waals surface area (Å²) >= 11 is 0. The Labute approximate surface area is 112 Å². The van der Waals surface area contributed by atoms with E-state index in [-0.39, 0.29) is 12.0 Å². The lowest BCUT2D eigenvalue weighted by molar-refractivity contribution is -0.121. The van der Waals surface area contributed by atoms with E-state index in [4.69, 9.17) is 10.5 Å². The molecule has 2 rings (SSSR count). The topological polar surface area (TPSA) is 77.6 Å². The highest BCUT2D eigenvalue weighted by Crippen LogP contribution is 2.23. The minimum absolute atomic E-state index is 0.137. The molecule has 0 aromatic carbocycles. The van der Waals surface area contributed by atoms with Gasteiger partial charge in [-0.05, 0) is 18.6 Å². The van der Waals surface area contributed by atoms with E-state index in [0.717, 1.165) is 5.56 Å². The smallest absolute Gasteiger partial charge is 0.271 e. The van der Waals surface area contributed by atoms with Crippen molar-refractivity contribution in [2.24, 2.45) is 12.8 Å². The van der Waals surface area contributed by atoms with E-state index < -0.39 is 11.9 Å². The predicted molar refractivity (Wildman–Crippen MR) is 69.6 cm³/mol. The van der Waals surface area contributed by atoms with Crippen molar-refractivity contribution < 1.29 is 14.3 Å². The Kier molecular flexibility index (Phi) is 3.61. The fraction of sp³-hybridized carbons (Fsp3) is 0.538. The number of aryl methyl sites for hydroxylation is 2. The number of carbonyl (C=O) groups excluding carboxylic acids is 2. The first-order valence-electron chi connectivity index (χ1n) is 6.20. The lowest BCUT2D eigenvalue weighted by Crippen LogP contribution is -2.44. The molecule has 2 heterocycles. The summed E-state index contributed by atoms with van der Waals surface area (Å²) in [6, 6.07) is 1.28. The maximum absolute atomic E-state index is 12.6. The van der Waals surface area contributed by atoms with Crippen LogP contribution in [0.15, 0.2) is 12.3 Å². The van der Waals surface area contributed by atoms with Crippen molar-refractivity contribution in [3.8, 4) is 0 Å². The Morgan fingerprint density at radius 1 is 1.47 bits per heavy atom. The molecule has 0 spiro atoms. The molecule has 6 heteroatoms. The number of methoxy groups -OCH3 is 1. The lowest BCUT2D eigenvalue weighted by Gasteiger charge is -2.22. The number of likely N-dealkylation sites (tertiary alicyclic amines) is 1. The summed E-state index contributed by atoms with van der Waals surface area (Å²) in [4.78, 5) is 25.6. The van der Waals surface area contributed by atoms with Gasteiger partial charge < -0.3 is 19.9 Å². The van der Waals surface area contributed by atoms with Crippen molar-refractivity contribution in [1.29, 1.82) is 0 Å². The molecule has 1 fully saturated rings. The van der Waals surface area contributed by atoms with Crippen LogP contribution >= 0.6 is 0 Å². The molecule has 0 radical (unpaired) electrons. The van der Waals surface area contributed by atoms with Crippen LogP contribution in [0.1, 0.15) is 22.5 Å². The molecule has 1 aromatic rings. The van der Waals surface area contributed by atoms with E-state index in [1.165, 1.54) is 4.90 Å². The second kappa shape index (κ2) is 5.05. The zero-order valence-corrected chi connectivity index (χ0v) is 11.4. The number of ether oxygens (including phenoxy) is 1. The first-order valence-corrected chi connectivity index (χ1v) is 6.20. The molecule has 2 N–H and O–H groups in total. The van der Waals surface area contributed by atoms with Gasteiger partial charge in [0.2, 0.25) is 5.91 Å². The number of rotatable bonds is 3. The Bertz CT molecular complexity index is 490. The van der Waals surface area contributed by atoms with E-state index in [2.05, 4.69) is 0 Å². The fourth-order valence-electron chi connectivity index (χ4n) is 2.57. The Morgan fingerprint density at radius 3 is 2.63 bits per heavy atom. The van der Waals surface area contributed by atoms with Gasteiger partial charge in [0.25, 0.3) is 5.91 Å². The van der Waals surface area contributed by atoms with Gasteiger partial charge in [0.15, 0.2) is 0 Å². The zero-order valence-electron chi connectivity index (χ0n) is 11.4. The fourth-order valence-corrected chi connectivity index (χ4v) is 2.57. The van der Waals surface area contributed by atoms with Crippen molar-refractivity contribution in [2.75, 3.05) is 13.7 Å². The van der Waals surface area contributed by atoms with Crippen LogP contribution in [0.5, 0.6) is 0 Å². The van der Waals surface area contributed by atoms with Crippen molar-refractivity contribution in [3.63, 3.8) is 0 Å². The highest BCUT2D eigenvalue weighted by atomic mass is 16.5. The van der Waals surface area contributed by atoms with Gasteiger partial charge in [-0.2, -0.15) is 0 Å². The Morgan fingerprint density at radius 2 is 2.16 bits per heavy atom. The predicted octanol–water partition coefficient (Wildman–Crippen LogP) is 0.0483. The van der Waals surface area contributed by atoms with Crippen LogP contribution in [0.25, 0.3) is 0 Å². The van der Waals surface area contributed by atoms with Gasteiger partial charge in [-0.1, -0.05) is 0 Å². The van der Waals surface area contributed by atoms with Crippen LogP contribution < -0.4 is 5.73 Å². The lowest BCUT2D eigenvalue weighted by atomic mass is 10.2. The zero-order chi connectivity index (χ0) is 14.2. The molecule has 1 aliphatic heterocycles. The van der Waals surface area contributed by atoms with Gasteiger partial charge >= 0.3 is 0 Å². The summed E-state index contributed by atoms with van der Waals surface area (Å²) in [5.74, 6) is -0.659. The second-order valence-electron chi connectivity index (χ2n) is 4.93. The number of hydrogen-bond acceptors (Lipinski definition) is 3. The Hall–Kier alpha value is -1.82. The largest absolute Gasteiger partial charge is 0.380 e. The van der Waals surface area contributed by atoms with E-state index in [1.807, 2.05) is 26.2 Å². The van der Waals surface area contributed by atoms with Gasteiger partial charge in [-0.15, -0.1) is 0 Å². The molecule has 104 valence electrons. The SMILES string of the molecule is CO[C@H]1C[C@@H](C(N)=O)N(C(=O)c2c(C)ccn2C)C1. The summed E-state index contributed by atoms with van der Waals surface area (Å²) in [7, 11) is 3.38. The summed E-state index contributed by atoms with van der Waals surface area (Å²) in [5.41, 5.74) is 6.85. The van der Waals surface area contributed by atoms with Crippen molar-refractivity contribution in [3.05, 3.63) is 23.5 Å². The minimum atomic E-state index is -0.591. The molecular weight excluding hydrogens is 246 g/mol. The summed E-state index contributed by atoms with van der Waals surface area (Å²) in [6.07, 6.45) is 2.15. The van der Waals surface area contributed by atoms with Crippen LogP contribution in [0.4, 0.5) is 0 Å². The van der Waals surface area contributed by atoms with Crippen molar-refractivity contribution in [1.82, 2.24) is 9.47 Å². The minimum Gasteiger partial charge on any atom is -0.380 e. The highest BCUT2D eigenvalue weighted by Gasteiger charge is 2.39. The standard InChI is InChI=1S/C13H19N3O3/c1-8-4-5-15(2)11(8)13(18)16-7-9(19-3)6-10(16)12(14)17/h4-5,9-10H,6-7H2,1-3H3,(H2,14,17)/t9-,10-/m0/s1. The second-order valence-corrected chi connectivity index (χ2v) is 4.93. The molecule has 6 nitrogen and oxygen atoms in total. The van der Waals surface area contributed by atoms with Crippen LogP contribution in [0.3, 0.4) is 0 Å². The number of nitrogens with two attached hydrogens (primary N) is 1. The van der Waals surface area contributed by atoms with E-state index in [9.17, 15) is 9.59 Å². The Balaban J connectivity index is 2.29. The summed E-state index contributed by atoms with van der Waals surface area (Å²) < 4.78 is 7.00. The quantitative estimate of drug-likeness (QED) is 0.838. The van der Waals surface area contributed by atoms with Crippen LogP contribution in [0.2, 0.25) is 0 Å². The molecule has 0 unspecified atom stereocenters. The van der Waals surface area contributed by atoms with E-state index in [1.54, 1.807) is 11.7 Å². The summed E-state index contributed by atoms with van der Waals surface area (Å²) in [6.45, 7) is 2.27. The van der Waals surface area contributed by atoms with E-state index in [0.29, 0.717) is 18.7 Å². The normalized spacial score (nSPS) is 22.8. The molecule has 0 aliphatic carbocycles. The summed E-state index contributed by atoms with van der Waals surface area (Å²) in [5, 5.41) is 0. The molecule has 2 atom stereocenters. The third-order valence-electron chi connectivity index (χ3n) is 3.66. The average molecular weight is 265 g/mol. The molecule has 1 aromatic heterocycles. The third kappa shape index (κ3) is 2.35. The molecule has 2 amide bonds. The van der Waals surface area contributed by atoms with Gasteiger partial charge in [-0.3, -0.25) is 9.59 Å². The number of carbonyl (C=O) groups is 2. The maximum atomic E-state index is 12.6. The maximum Gasteiger partial charge on any atom is 0.271 e. The number of primary amides is 1. The highest BCUT2D eigenvalue weighted by molar-refractivity contribution is 5.97. The number of amides is 2. The van der Waals surface area contributed by atoms with Gasteiger partial charge in [0.1, 0.15) is 11.7 Å². The van der Waals surface area contributed by atoms with Gasteiger partial charge in [0.05, 0.1) is 6.10 Å². The molecule has 0 saturated carbocycles. The first kappa shape index (κ1) is 13.6. The van der Waals surface area contributed by atoms with Crippen molar-refractivity contribution >= 4 is 11.8 Å². The van der Waals surface area contributed by atoms with Gasteiger partial charge in [-0.25, -0.2) is 0 Å². The van der Waals surface area contributed by atoms with Gasteiger partial charge in [0, 0.05) is 33.3 Å². The molecule has 19 heavy (non-hydrogen) atoms. The molecular formula is C13H19N3O3. The average Bonchev–Trinajstić information content (AvgIpc) is 2.93. The number of aromatic nitrogens is 1. The van der Waals surface area contributed by atoms with Crippen LogP contribution in [0, 0.1) is 6.92 Å². The van der Waals surface area contributed by atoms with Crippen LogP contribution in [-0.2, 0) is 16.6 Å². The first-order chi connectivity index (χ1) is 8.95. The van der Waals surface area contributed by atoms with Crippen LogP contribution in [-0.4, -0.2) is 47.1 Å². The van der Waals surface area contributed by atoms with E-state index >= 15 is 0 Å². The third-order valence-corrected chi connectivity index (χ3v) is 3.66.